The average Bonchev–Trinajstić information content (AvgIpc) is 3.24. The van der Waals surface area contributed by atoms with Gasteiger partial charge in [0, 0.05) is 30.7 Å². The summed E-state index contributed by atoms with van der Waals surface area (Å²) in [4.78, 5) is 2.20. The molecule has 1 atom stereocenters. The molecule has 0 amide bonds. The molecule has 1 aromatic heterocycles. The van der Waals surface area contributed by atoms with Gasteiger partial charge in [-0.1, -0.05) is 84.2 Å². The number of unbranched alkanes of at least 4 members (excludes halogenated alkanes) is 1. The van der Waals surface area contributed by atoms with Crippen molar-refractivity contribution < 1.29 is 0 Å². The topological polar surface area (TPSA) is 21.1 Å². The Morgan fingerprint density at radius 2 is 1.78 bits per heavy atom. The van der Waals surface area contributed by atoms with E-state index in [1.807, 2.05) is 42.9 Å². The van der Waals surface area contributed by atoms with Crippen LogP contribution in [0.3, 0.4) is 0 Å². The predicted molar refractivity (Wildman–Crippen MR) is 167 cm³/mol. The van der Waals surface area contributed by atoms with Gasteiger partial charge in [-0.2, -0.15) is 5.10 Å². The highest BCUT2D eigenvalue weighted by Crippen LogP contribution is 2.21. The van der Waals surface area contributed by atoms with E-state index in [0.29, 0.717) is 5.92 Å². The summed E-state index contributed by atoms with van der Waals surface area (Å²) < 4.78 is 1.96. The van der Waals surface area contributed by atoms with Gasteiger partial charge in [0.2, 0.25) is 0 Å². The Balaban J connectivity index is 0.000000667. The number of aryl methyl sites for hydroxylation is 2. The molecule has 2 rings (SSSR count). The summed E-state index contributed by atoms with van der Waals surface area (Å²) in [5, 5.41) is 4.39. The van der Waals surface area contributed by atoms with Gasteiger partial charge in [0.1, 0.15) is 0 Å². The Kier molecular flexibility index (Phi) is 17.2. The monoisotopic (exact) mass is 501 g/mol. The number of aromatic nitrogens is 2. The van der Waals surface area contributed by atoms with Gasteiger partial charge in [-0.15, -0.1) is 5.73 Å². The first-order valence-electron chi connectivity index (χ1n) is 13.5. The fraction of sp³-hybridized carbons (Fsp3) is 0.412. The van der Waals surface area contributed by atoms with Crippen LogP contribution < -0.4 is 0 Å². The van der Waals surface area contributed by atoms with Crippen LogP contribution in [0.25, 0.3) is 11.3 Å². The summed E-state index contributed by atoms with van der Waals surface area (Å²) in [5.74, 6) is 0.519. The Morgan fingerprint density at radius 3 is 2.32 bits per heavy atom. The summed E-state index contributed by atoms with van der Waals surface area (Å²) >= 11 is 0. The molecule has 1 unspecified atom stereocenters. The minimum atomic E-state index is 0.519. The fourth-order valence-electron chi connectivity index (χ4n) is 3.46. The Labute approximate surface area is 228 Å². The Bertz CT molecular complexity index is 1070. The number of nitrogens with zero attached hydrogens (tertiary/aromatic N) is 3. The third-order valence-electron chi connectivity index (χ3n) is 6.05. The molecule has 0 saturated heterocycles. The van der Waals surface area contributed by atoms with Gasteiger partial charge in [-0.05, 0) is 86.9 Å². The first-order valence-corrected chi connectivity index (χ1v) is 13.5. The summed E-state index contributed by atoms with van der Waals surface area (Å²) in [6.45, 7) is 29.6. The average molecular weight is 502 g/mol. The lowest BCUT2D eigenvalue weighted by molar-refractivity contribution is 0.419. The molecule has 0 aliphatic carbocycles. The first kappa shape index (κ1) is 33.7. The van der Waals surface area contributed by atoms with Crippen molar-refractivity contribution in [2.24, 2.45) is 5.92 Å². The zero-order valence-electron chi connectivity index (χ0n) is 25.1. The van der Waals surface area contributed by atoms with Crippen molar-refractivity contribution >= 4 is 11.3 Å². The van der Waals surface area contributed by atoms with Crippen LogP contribution in [0.1, 0.15) is 76.3 Å². The third kappa shape index (κ3) is 12.5. The molecule has 3 heteroatoms. The second kappa shape index (κ2) is 18.9. The van der Waals surface area contributed by atoms with Crippen LogP contribution in [-0.2, 0) is 0 Å². The van der Waals surface area contributed by atoms with Crippen LogP contribution in [-0.4, -0.2) is 28.3 Å². The van der Waals surface area contributed by atoms with E-state index < -0.39 is 0 Å². The molecule has 0 N–H and O–H groups in total. The highest BCUT2D eigenvalue weighted by atomic mass is 15.3. The Hall–Kier alpha value is -3.29. The Morgan fingerprint density at radius 1 is 1.14 bits per heavy atom. The molecule has 3 nitrogen and oxygen atoms in total. The third-order valence-corrected chi connectivity index (χ3v) is 6.05. The summed E-state index contributed by atoms with van der Waals surface area (Å²) in [6, 6.07) is 8.29. The van der Waals surface area contributed by atoms with E-state index in [9.17, 15) is 0 Å². The van der Waals surface area contributed by atoms with E-state index in [-0.39, 0.29) is 0 Å². The van der Waals surface area contributed by atoms with Crippen molar-refractivity contribution in [2.75, 3.05) is 13.6 Å². The number of benzene rings is 1. The SMILES string of the molecule is C=C(/C=C(/C)n1ncc(C)c1C)c1ccccc1C.C=C=CCC(C)/C=C/C(=C)N(C)CCCC.CC. The second-order valence-electron chi connectivity index (χ2n) is 9.20. The highest BCUT2D eigenvalue weighted by Gasteiger charge is 2.05. The van der Waals surface area contributed by atoms with Gasteiger partial charge in [0.05, 0.1) is 6.20 Å². The molecular weight excluding hydrogens is 450 g/mol. The standard InChI is InChI=1S/C17H20N2.C15H25N.C2H6/c1-12-8-6-7-9-17(12)13(2)10-15(4)19-16(5)14(3)11-18-19;1-6-8-10-14(3)11-12-15(4)16(5)13-9-7-2;1-2/h6-11H,2H2,1,3-5H3;8,11-12,14H,1,4,7,9-10,13H2,2-3,5H3;1-2H3/b15-10-;12-11+;. The molecule has 1 aromatic carbocycles. The quantitative estimate of drug-likeness (QED) is 0.226. The minimum absolute atomic E-state index is 0.519. The molecule has 0 saturated carbocycles. The predicted octanol–water partition coefficient (Wildman–Crippen LogP) is 9.56. The van der Waals surface area contributed by atoms with Gasteiger partial charge >= 0.3 is 0 Å². The molecule has 0 fully saturated rings. The molecule has 2 aromatic rings. The molecule has 0 aliphatic heterocycles. The van der Waals surface area contributed by atoms with Crippen LogP contribution in [0.5, 0.6) is 0 Å². The van der Waals surface area contributed by atoms with Crippen molar-refractivity contribution in [3.05, 3.63) is 108 Å². The zero-order valence-corrected chi connectivity index (χ0v) is 25.1. The van der Waals surface area contributed by atoms with Gasteiger partial charge in [0.25, 0.3) is 0 Å². The maximum Gasteiger partial charge on any atom is 0.0526 e. The zero-order chi connectivity index (χ0) is 28.4. The van der Waals surface area contributed by atoms with E-state index in [4.69, 9.17) is 0 Å². The number of hydrogen-bond donors (Lipinski definition) is 0. The number of allylic oxidation sites excluding steroid dienone is 6. The number of likely N-dealkylation sites (N-methyl/N-ethyl adjacent to an activating group) is 1. The lowest BCUT2D eigenvalue weighted by atomic mass is 10.0. The van der Waals surface area contributed by atoms with Crippen LogP contribution in [0, 0.1) is 26.7 Å². The number of rotatable bonds is 11. The van der Waals surface area contributed by atoms with Crippen LogP contribution in [0.2, 0.25) is 0 Å². The second-order valence-corrected chi connectivity index (χ2v) is 9.20. The molecule has 0 spiro atoms. The van der Waals surface area contributed by atoms with E-state index in [0.717, 1.165) is 29.9 Å². The largest absolute Gasteiger partial charge is 0.375 e. The molecule has 0 radical (unpaired) electrons. The van der Waals surface area contributed by atoms with Gasteiger partial charge < -0.3 is 4.90 Å². The molecule has 37 heavy (non-hydrogen) atoms. The van der Waals surface area contributed by atoms with Crippen molar-refractivity contribution in [3.8, 4) is 0 Å². The summed E-state index contributed by atoms with van der Waals surface area (Å²) in [5.41, 5.74) is 10.8. The summed E-state index contributed by atoms with van der Waals surface area (Å²) in [6.07, 6.45) is 13.7. The van der Waals surface area contributed by atoms with Crippen molar-refractivity contribution in [1.29, 1.82) is 0 Å². The minimum Gasteiger partial charge on any atom is -0.375 e. The van der Waals surface area contributed by atoms with Crippen LogP contribution in [0.15, 0.2) is 85.9 Å². The highest BCUT2D eigenvalue weighted by molar-refractivity contribution is 5.79. The lowest BCUT2D eigenvalue weighted by Gasteiger charge is -2.19. The van der Waals surface area contributed by atoms with Crippen molar-refractivity contribution in [1.82, 2.24) is 14.7 Å². The first-order chi connectivity index (χ1) is 17.6. The van der Waals surface area contributed by atoms with E-state index in [2.05, 4.69) is 114 Å². The lowest BCUT2D eigenvalue weighted by Crippen LogP contribution is -2.17. The van der Waals surface area contributed by atoms with Gasteiger partial charge in [-0.25, -0.2) is 4.68 Å². The van der Waals surface area contributed by atoms with Crippen LogP contribution >= 0.6 is 0 Å². The van der Waals surface area contributed by atoms with Gasteiger partial charge in [0.15, 0.2) is 0 Å². The molecule has 0 aliphatic rings. The maximum atomic E-state index is 4.39. The van der Waals surface area contributed by atoms with E-state index in [1.54, 1.807) is 0 Å². The van der Waals surface area contributed by atoms with Crippen molar-refractivity contribution in [3.63, 3.8) is 0 Å². The van der Waals surface area contributed by atoms with Crippen molar-refractivity contribution in [2.45, 2.75) is 74.7 Å². The molecule has 1 heterocycles. The molecule has 202 valence electrons. The molecular formula is C34H51N3. The fourth-order valence-corrected chi connectivity index (χ4v) is 3.46. The van der Waals surface area contributed by atoms with Gasteiger partial charge in [-0.3, -0.25) is 0 Å². The summed E-state index contributed by atoms with van der Waals surface area (Å²) in [7, 11) is 2.09. The normalized spacial score (nSPS) is 11.4. The van der Waals surface area contributed by atoms with E-state index >= 15 is 0 Å². The van der Waals surface area contributed by atoms with E-state index in [1.165, 1.54) is 35.2 Å². The molecule has 0 bridgehead atoms. The maximum absolute atomic E-state index is 4.39. The smallest absolute Gasteiger partial charge is 0.0526 e. The number of hydrogen-bond acceptors (Lipinski definition) is 2. The van der Waals surface area contributed by atoms with Crippen LogP contribution in [0.4, 0.5) is 0 Å².